The second-order valence-electron chi connectivity index (χ2n) is 2.93. The SMILES string of the molecule is Cc1cccc(NC(=O)CI)c1C. The molecule has 0 saturated carbocycles. The molecule has 0 spiro atoms. The van der Waals surface area contributed by atoms with Crippen LogP contribution in [0, 0.1) is 13.8 Å². The first-order valence-corrected chi connectivity index (χ1v) is 5.59. The minimum Gasteiger partial charge on any atom is -0.325 e. The second-order valence-corrected chi connectivity index (χ2v) is 3.69. The number of amides is 1. The van der Waals surface area contributed by atoms with Gasteiger partial charge in [0.25, 0.3) is 0 Å². The fourth-order valence-corrected chi connectivity index (χ4v) is 1.26. The Morgan fingerprint density at radius 1 is 1.46 bits per heavy atom. The van der Waals surface area contributed by atoms with Crippen molar-refractivity contribution in [2.75, 3.05) is 9.74 Å². The van der Waals surface area contributed by atoms with Gasteiger partial charge in [-0.3, -0.25) is 4.79 Å². The van der Waals surface area contributed by atoms with Crippen LogP contribution < -0.4 is 5.32 Å². The van der Waals surface area contributed by atoms with Gasteiger partial charge in [-0.2, -0.15) is 0 Å². The van der Waals surface area contributed by atoms with E-state index in [1.54, 1.807) is 0 Å². The van der Waals surface area contributed by atoms with E-state index in [0.717, 1.165) is 11.3 Å². The lowest BCUT2D eigenvalue weighted by molar-refractivity contribution is -0.113. The van der Waals surface area contributed by atoms with Gasteiger partial charge in [-0.15, -0.1) is 0 Å². The van der Waals surface area contributed by atoms with Gasteiger partial charge in [-0.25, -0.2) is 0 Å². The molecule has 1 aromatic rings. The van der Waals surface area contributed by atoms with Crippen LogP contribution in [-0.4, -0.2) is 10.3 Å². The van der Waals surface area contributed by atoms with Crippen LogP contribution in [0.4, 0.5) is 5.69 Å². The molecule has 0 aromatic heterocycles. The van der Waals surface area contributed by atoms with Crippen molar-refractivity contribution in [1.29, 1.82) is 0 Å². The van der Waals surface area contributed by atoms with Gasteiger partial charge in [0.1, 0.15) is 0 Å². The molecule has 3 heteroatoms. The lowest BCUT2D eigenvalue weighted by Gasteiger charge is -2.08. The van der Waals surface area contributed by atoms with Crippen LogP contribution >= 0.6 is 22.6 Å². The summed E-state index contributed by atoms with van der Waals surface area (Å²) in [5.41, 5.74) is 3.26. The maximum atomic E-state index is 11.1. The highest BCUT2D eigenvalue weighted by molar-refractivity contribution is 14.1. The summed E-state index contributed by atoms with van der Waals surface area (Å²) in [6, 6.07) is 5.91. The Kier molecular flexibility index (Phi) is 3.71. The zero-order valence-corrected chi connectivity index (χ0v) is 9.88. The van der Waals surface area contributed by atoms with Crippen LogP contribution in [-0.2, 0) is 4.79 Å². The van der Waals surface area contributed by atoms with Crippen LogP contribution in [0.5, 0.6) is 0 Å². The van der Waals surface area contributed by atoms with Crippen molar-refractivity contribution in [3.63, 3.8) is 0 Å². The molecule has 1 aromatic carbocycles. The monoisotopic (exact) mass is 289 g/mol. The fourth-order valence-electron chi connectivity index (χ4n) is 1.07. The normalized spacial score (nSPS) is 9.77. The number of carbonyl (C=O) groups is 1. The third-order valence-electron chi connectivity index (χ3n) is 2.00. The van der Waals surface area contributed by atoms with Crippen LogP contribution in [0.3, 0.4) is 0 Å². The van der Waals surface area contributed by atoms with Gasteiger partial charge in [0.2, 0.25) is 5.91 Å². The van der Waals surface area contributed by atoms with E-state index in [-0.39, 0.29) is 5.91 Å². The minimum absolute atomic E-state index is 0.0503. The van der Waals surface area contributed by atoms with Crippen molar-refractivity contribution in [3.8, 4) is 0 Å². The summed E-state index contributed by atoms with van der Waals surface area (Å²) in [5, 5.41) is 2.85. The van der Waals surface area contributed by atoms with E-state index in [2.05, 4.69) is 5.32 Å². The largest absolute Gasteiger partial charge is 0.325 e. The maximum Gasteiger partial charge on any atom is 0.234 e. The maximum absolute atomic E-state index is 11.1. The number of aryl methyl sites for hydroxylation is 1. The van der Waals surface area contributed by atoms with Crippen molar-refractivity contribution < 1.29 is 4.79 Å². The molecular formula is C10H12INO. The van der Waals surface area contributed by atoms with Gasteiger partial charge in [-0.1, -0.05) is 34.7 Å². The molecule has 1 N–H and O–H groups in total. The fraction of sp³-hybridized carbons (Fsp3) is 0.300. The number of halogens is 1. The van der Waals surface area contributed by atoms with Crippen LogP contribution in [0.25, 0.3) is 0 Å². The summed E-state index contributed by atoms with van der Waals surface area (Å²) in [6.45, 7) is 4.05. The van der Waals surface area contributed by atoms with Gasteiger partial charge in [-0.05, 0) is 31.0 Å². The zero-order valence-electron chi connectivity index (χ0n) is 7.73. The van der Waals surface area contributed by atoms with Crippen LogP contribution in [0.1, 0.15) is 11.1 Å². The summed E-state index contributed by atoms with van der Waals surface area (Å²) in [7, 11) is 0. The molecule has 0 atom stereocenters. The third kappa shape index (κ3) is 2.69. The highest BCUT2D eigenvalue weighted by Gasteiger charge is 2.03. The average Bonchev–Trinajstić information content (AvgIpc) is 2.13. The Morgan fingerprint density at radius 2 is 2.15 bits per heavy atom. The molecule has 1 amide bonds. The van der Waals surface area contributed by atoms with Gasteiger partial charge < -0.3 is 5.32 Å². The van der Waals surface area contributed by atoms with Gasteiger partial charge in [0.05, 0.1) is 4.43 Å². The number of rotatable bonds is 2. The van der Waals surface area contributed by atoms with E-state index >= 15 is 0 Å². The molecule has 0 radical (unpaired) electrons. The Morgan fingerprint density at radius 3 is 2.77 bits per heavy atom. The van der Waals surface area contributed by atoms with Crippen LogP contribution in [0.15, 0.2) is 18.2 Å². The number of hydrogen-bond acceptors (Lipinski definition) is 1. The summed E-state index contributed by atoms with van der Waals surface area (Å²) in [5.74, 6) is 0.0503. The molecule has 0 unspecified atom stereocenters. The van der Waals surface area contributed by atoms with E-state index in [1.165, 1.54) is 5.56 Å². The lowest BCUT2D eigenvalue weighted by Crippen LogP contribution is -2.13. The standard InChI is InChI=1S/C10H12INO/c1-7-4-3-5-9(8(7)2)12-10(13)6-11/h3-5H,6H2,1-2H3,(H,12,13). The summed E-state index contributed by atoms with van der Waals surface area (Å²) in [4.78, 5) is 11.1. The van der Waals surface area contributed by atoms with Gasteiger partial charge in [0.15, 0.2) is 0 Å². The molecule has 0 saturated heterocycles. The van der Waals surface area contributed by atoms with E-state index < -0.39 is 0 Å². The first-order valence-electron chi connectivity index (χ1n) is 4.07. The Balaban J connectivity index is 2.89. The summed E-state index contributed by atoms with van der Waals surface area (Å²) >= 11 is 2.05. The highest BCUT2D eigenvalue weighted by atomic mass is 127. The number of nitrogens with one attached hydrogen (secondary N) is 1. The molecular weight excluding hydrogens is 277 g/mol. The number of anilines is 1. The molecule has 13 heavy (non-hydrogen) atoms. The van der Waals surface area contributed by atoms with Crippen molar-refractivity contribution in [2.45, 2.75) is 13.8 Å². The zero-order chi connectivity index (χ0) is 9.84. The number of carbonyl (C=O) groups excluding carboxylic acids is 1. The molecule has 0 bridgehead atoms. The third-order valence-corrected chi connectivity index (χ3v) is 2.69. The highest BCUT2D eigenvalue weighted by Crippen LogP contribution is 2.17. The Hall–Kier alpha value is -0.580. The van der Waals surface area contributed by atoms with E-state index in [9.17, 15) is 4.79 Å². The van der Waals surface area contributed by atoms with Crippen molar-refractivity contribution in [2.24, 2.45) is 0 Å². The molecule has 0 aliphatic carbocycles. The number of hydrogen-bond donors (Lipinski definition) is 1. The lowest BCUT2D eigenvalue weighted by atomic mass is 10.1. The van der Waals surface area contributed by atoms with E-state index in [4.69, 9.17) is 0 Å². The first-order chi connectivity index (χ1) is 6.15. The number of alkyl halides is 1. The van der Waals surface area contributed by atoms with Crippen molar-refractivity contribution in [3.05, 3.63) is 29.3 Å². The Labute approximate surface area is 91.9 Å². The van der Waals surface area contributed by atoms with E-state index in [1.807, 2.05) is 54.6 Å². The summed E-state index contributed by atoms with van der Waals surface area (Å²) in [6.07, 6.45) is 0. The molecule has 1 rings (SSSR count). The molecule has 70 valence electrons. The predicted molar refractivity (Wildman–Crippen MR) is 63.4 cm³/mol. The minimum atomic E-state index is 0.0503. The molecule has 0 heterocycles. The Bertz CT molecular complexity index is 323. The first kappa shape index (κ1) is 10.5. The predicted octanol–water partition coefficient (Wildman–Crippen LogP) is 2.68. The van der Waals surface area contributed by atoms with Crippen LogP contribution in [0.2, 0.25) is 0 Å². The van der Waals surface area contributed by atoms with E-state index in [0.29, 0.717) is 4.43 Å². The molecule has 0 aliphatic heterocycles. The quantitative estimate of drug-likeness (QED) is 0.658. The topological polar surface area (TPSA) is 29.1 Å². The van der Waals surface area contributed by atoms with Gasteiger partial charge in [0, 0.05) is 5.69 Å². The molecule has 2 nitrogen and oxygen atoms in total. The second kappa shape index (κ2) is 4.60. The molecule has 0 aliphatic rings. The summed E-state index contributed by atoms with van der Waals surface area (Å²) < 4.78 is 0.491. The number of benzene rings is 1. The average molecular weight is 289 g/mol. The van der Waals surface area contributed by atoms with Crippen molar-refractivity contribution >= 4 is 34.2 Å². The molecule has 0 fully saturated rings. The smallest absolute Gasteiger partial charge is 0.234 e. The van der Waals surface area contributed by atoms with Gasteiger partial charge >= 0.3 is 0 Å². The van der Waals surface area contributed by atoms with Crippen molar-refractivity contribution in [1.82, 2.24) is 0 Å².